The molecule has 1 saturated heterocycles. The lowest BCUT2D eigenvalue weighted by Crippen LogP contribution is -2.42. The third kappa shape index (κ3) is 1.90. The first-order valence-corrected chi connectivity index (χ1v) is 8.93. The van der Waals surface area contributed by atoms with Gasteiger partial charge in [0, 0.05) is 30.7 Å². The number of ether oxygens (including phenoxy) is 2. The summed E-state index contributed by atoms with van der Waals surface area (Å²) in [5.41, 5.74) is 7.54. The molecule has 3 aliphatic heterocycles. The molecule has 3 aliphatic rings. The molecule has 7 nitrogen and oxygen atoms in total. The summed E-state index contributed by atoms with van der Waals surface area (Å²) in [7, 11) is 0. The summed E-state index contributed by atoms with van der Waals surface area (Å²) in [6.07, 6.45) is 1.84. The largest absolute Gasteiger partial charge is 0.489 e. The quantitative estimate of drug-likeness (QED) is 0.764. The summed E-state index contributed by atoms with van der Waals surface area (Å²) in [5, 5.41) is 3.09. The highest BCUT2D eigenvalue weighted by Crippen LogP contribution is 2.44. The first kappa shape index (κ1) is 13.4. The summed E-state index contributed by atoms with van der Waals surface area (Å²) in [4.78, 5) is 9.43. The number of thioether (sulfide) groups is 1. The molecular formula is C15H17N5O2S. The zero-order valence-electron chi connectivity index (χ0n) is 12.5. The van der Waals surface area contributed by atoms with Crippen LogP contribution >= 0.6 is 11.8 Å². The predicted molar refractivity (Wildman–Crippen MR) is 90.5 cm³/mol. The van der Waals surface area contributed by atoms with Gasteiger partial charge in [0.15, 0.2) is 23.1 Å². The van der Waals surface area contributed by atoms with Gasteiger partial charge in [-0.05, 0) is 5.75 Å². The molecule has 0 aliphatic carbocycles. The van der Waals surface area contributed by atoms with E-state index in [1.54, 1.807) is 0 Å². The van der Waals surface area contributed by atoms with E-state index in [2.05, 4.69) is 9.88 Å². The Morgan fingerprint density at radius 3 is 2.87 bits per heavy atom. The summed E-state index contributed by atoms with van der Waals surface area (Å²) in [5.74, 6) is 4.69. The van der Waals surface area contributed by atoms with E-state index in [0.717, 1.165) is 52.8 Å². The summed E-state index contributed by atoms with van der Waals surface area (Å²) >= 11 is 1.89. The van der Waals surface area contributed by atoms with Gasteiger partial charge < -0.3 is 15.2 Å². The molecule has 0 amide bonds. The van der Waals surface area contributed by atoms with E-state index in [1.807, 2.05) is 23.9 Å². The number of anilines is 1. The fourth-order valence-electron chi connectivity index (χ4n) is 3.46. The van der Waals surface area contributed by atoms with Gasteiger partial charge in [0.25, 0.3) is 0 Å². The molecule has 1 aromatic heterocycles. The van der Waals surface area contributed by atoms with Crippen LogP contribution in [0.4, 0.5) is 5.95 Å². The number of guanidine groups is 1. The summed E-state index contributed by atoms with van der Waals surface area (Å²) in [6.45, 7) is 1.34. The van der Waals surface area contributed by atoms with Crippen LogP contribution in [-0.4, -0.2) is 40.2 Å². The van der Waals surface area contributed by atoms with Crippen LogP contribution in [0.5, 0.6) is 11.5 Å². The number of hydrogen-bond acceptors (Lipinski definition) is 7. The third-order valence-electron chi connectivity index (χ3n) is 4.49. The molecule has 1 spiro atoms. The van der Waals surface area contributed by atoms with Gasteiger partial charge in [-0.15, -0.1) is 0 Å². The number of fused-ring (bicyclic) bond motifs is 5. The van der Waals surface area contributed by atoms with Crippen molar-refractivity contribution in [2.75, 3.05) is 30.0 Å². The average Bonchev–Trinajstić information content (AvgIpc) is 3.03. The maximum Gasteiger partial charge on any atom is 0.212 e. The minimum atomic E-state index is -0.343. The Bertz CT molecular complexity index is 825. The Balaban J connectivity index is 1.75. The van der Waals surface area contributed by atoms with Gasteiger partial charge in [-0.2, -0.15) is 11.8 Å². The number of nitrogens with one attached hydrogen (secondary N) is 1. The molecule has 0 radical (unpaired) electrons. The van der Waals surface area contributed by atoms with Gasteiger partial charge >= 0.3 is 0 Å². The SMILES string of the molecule is NC1=N[C@]2(CCSC2)n2c(nc3cc4c(cc32)OCCCO4)N1. The molecule has 5 rings (SSSR count). The van der Waals surface area contributed by atoms with Crippen LogP contribution in [0.25, 0.3) is 11.0 Å². The van der Waals surface area contributed by atoms with Crippen molar-refractivity contribution in [3.8, 4) is 11.5 Å². The number of aromatic nitrogens is 2. The predicted octanol–water partition coefficient (Wildman–Crippen LogP) is 1.73. The lowest BCUT2D eigenvalue weighted by Gasteiger charge is -2.32. The number of aliphatic imine (C=N–C) groups is 1. The van der Waals surface area contributed by atoms with Crippen LogP contribution in [0.3, 0.4) is 0 Å². The maximum absolute atomic E-state index is 6.00. The van der Waals surface area contributed by atoms with Gasteiger partial charge in [0.2, 0.25) is 5.95 Å². The monoisotopic (exact) mass is 331 g/mol. The van der Waals surface area contributed by atoms with Crippen molar-refractivity contribution in [2.45, 2.75) is 18.5 Å². The Kier molecular flexibility index (Phi) is 2.73. The van der Waals surface area contributed by atoms with E-state index < -0.39 is 0 Å². The van der Waals surface area contributed by atoms with Gasteiger partial charge in [-0.3, -0.25) is 9.88 Å². The van der Waals surface area contributed by atoms with Crippen molar-refractivity contribution in [1.82, 2.24) is 9.55 Å². The third-order valence-corrected chi connectivity index (χ3v) is 5.65. The Hall–Kier alpha value is -2.09. The van der Waals surface area contributed by atoms with E-state index in [4.69, 9.17) is 25.2 Å². The lowest BCUT2D eigenvalue weighted by atomic mass is 10.1. The highest BCUT2D eigenvalue weighted by atomic mass is 32.2. The van der Waals surface area contributed by atoms with Crippen LogP contribution < -0.4 is 20.5 Å². The number of hydrogen-bond donors (Lipinski definition) is 2. The molecule has 4 heterocycles. The minimum Gasteiger partial charge on any atom is -0.489 e. The highest BCUT2D eigenvalue weighted by Gasteiger charge is 2.42. The summed E-state index contributed by atoms with van der Waals surface area (Å²) in [6, 6.07) is 3.98. The van der Waals surface area contributed by atoms with Crippen molar-refractivity contribution in [3.05, 3.63) is 12.1 Å². The van der Waals surface area contributed by atoms with Crippen molar-refractivity contribution in [1.29, 1.82) is 0 Å². The molecule has 2 aromatic rings. The fourth-order valence-corrected chi connectivity index (χ4v) is 4.74. The zero-order valence-corrected chi connectivity index (χ0v) is 13.4. The number of rotatable bonds is 0. The number of nitrogens with zero attached hydrogens (tertiary/aromatic N) is 3. The first-order valence-electron chi connectivity index (χ1n) is 7.78. The van der Waals surface area contributed by atoms with Gasteiger partial charge in [0.05, 0.1) is 24.2 Å². The smallest absolute Gasteiger partial charge is 0.212 e. The summed E-state index contributed by atoms with van der Waals surface area (Å²) < 4.78 is 13.8. The van der Waals surface area contributed by atoms with Crippen molar-refractivity contribution in [2.24, 2.45) is 10.7 Å². The van der Waals surface area contributed by atoms with Crippen molar-refractivity contribution < 1.29 is 9.47 Å². The molecule has 0 unspecified atom stereocenters. The van der Waals surface area contributed by atoms with Gasteiger partial charge in [-0.1, -0.05) is 0 Å². The van der Waals surface area contributed by atoms with E-state index in [9.17, 15) is 0 Å². The molecule has 1 aromatic carbocycles. The highest BCUT2D eigenvalue weighted by molar-refractivity contribution is 7.99. The van der Waals surface area contributed by atoms with Crippen molar-refractivity contribution >= 4 is 34.7 Å². The fraction of sp³-hybridized carbons (Fsp3) is 0.467. The van der Waals surface area contributed by atoms with Gasteiger partial charge in [0.1, 0.15) is 0 Å². The van der Waals surface area contributed by atoms with E-state index in [-0.39, 0.29) is 5.66 Å². The molecule has 0 bridgehead atoms. The molecule has 3 N–H and O–H groups in total. The average molecular weight is 331 g/mol. The molecular weight excluding hydrogens is 314 g/mol. The van der Waals surface area contributed by atoms with E-state index >= 15 is 0 Å². The second kappa shape index (κ2) is 4.70. The molecule has 23 heavy (non-hydrogen) atoms. The second-order valence-corrected chi connectivity index (χ2v) is 7.12. The molecule has 120 valence electrons. The topological polar surface area (TPSA) is 86.7 Å². The first-order chi connectivity index (χ1) is 11.3. The lowest BCUT2D eigenvalue weighted by molar-refractivity contribution is 0.297. The molecule has 1 atom stereocenters. The Morgan fingerprint density at radius 1 is 1.26 bits per heavy atom. The molecule has 0 saturated carbocycles. The number of imidazole rings is 1. The zero-order chi connectivity index (χ0) is 15.4. The number of benzene rings is 1. The van der Waals surface area contributed by atoms with Crippen LogP contribution in [0, 0.1) is 0 Å². The van der Waals surface area contributed by atoms with Crippen LogP contribution in [0.2, 0.25) is 0 Å². The molecule has 8 heteroatoms. The maximum atomic E-state index is 6.00. The van der Waals surface area contributed by atoms with E-state index in [0.29, 0.717) is 19.2 Å². The molecule has 1 fully saturated rings. The minimum absolute atomic E-state index is 0.343. The standard InChI is InChI=1S/C15H17N5O2S/c16-13-18-14-17-9-6-11-12(22-4-1-3-21-11)7-10(9)20(14)15(19-13)2-5-23-8-15/h6-7H,1-5,8H2,(H3,16,17,18,19)/t15-/m1/s1. The second-order valence-electron chi connectivity index (χ2n) is 6.02. The normalized spacial score (nSPS) is 25.8. The Labute approximate surface area is 137 Å². The van der Waals surface area contributed by atoms with Crippen LogP contribution in [0.15, 0.2) is 17.1 Å². The van der Waals surface area contributed by atoms with Crippen LogP contribution in [-0.2, 0) is 5.66 Å². The Morgan fingerprint density at radius 2 is 2.09 bits per heavy atom. The van der Waals surface area contributed by atoms with Crippen molar-refractivity contribution in [3.63, 3.8) is 0 Å². The van der Waals surface area contributed by atoms with Crippen LogP contribution in [0.1, 0.15) is 12.8 Å². The van der Waals surface area contributed by atoms with E-state index in [1.165, 1.54) is 0 Å². The number of nitrogens with two attached hydrogens (primary N) is 1. The van der Waals surface area contributed by atoms with Gasteiger partial charge in [-0.25, -0.2) is 9.98 Å².